The van der Waals surface area contributed by atoms with E-state index in [-0.39, 0.29) is 0 Å². The largest absolute Gasteiger partial charge is 0.374 e. The lowest BCUT2D eigenvalue weighted by atomic mass is 9.84. The van der Waals surface area contributed by atoms with Crippen molar-refractivity contribution in [2.45, 2.75) is 71.0 Å². The molecule has 2 rings (SSSR count). The average Bonchev–Trinajstić information content (AvgIpc) is 2.62. The molecule has 3 heteroatoms. The number of benzene rings is 1. The zero-order valence-corrected chi connectivity index (χ0v) is 14.6. The lowest BCUT2D eigenvalue weighted by Crippen LogP contribution is -2.21. The minimum absolute atomic E-state index is 0.350. The zero-order valence-electron chi connectivity index (χ0n) is 14.6. The summed E-state index contributed by atoms with van der Waals surface area (Å²) in [5.74, 6) is -0.0158. The number of halogens is 1. The van der Waals surface area contributed by atoms with E-state index in [1.165, 1.54) is 29.7 Å². The summed E-state index contributed by atoms with van der Waals surface area (Å²) in [7, 11) is 0. The van der Waals surface area contributed by atoms with Gasteiger partial charge in [-0.2, -0.15) is 9.65 Å². The Hall–Kier alpha value is -1.66. The maximum Gasteiger partial charge on any atom is 0.196 e. The van der Waals surface area contributed by atoms with Crippen molar-refractivity contribution in [1.29, 1.82) is 5.26 Å². The first-order chi connectivity index (χ1) is 11.7. The van der Waals surface area contributed by atoms with Gasteiger partial charge in [-0.3, -0.25) is 0 Å². The van der Waals surface area contributed by atoms with E-state index in [0.717, 1.165) is 38.5 Å². The third-order valence-electron chi connectivity index (χ3n) is 4.85. The third kappa shape index (κ3) is 6.45. The first-order valence-electron chi connectivity index (χ1n) is 9.16. The van der Waals surface area contributed by atoms with Crippen LogP contribution in [0.1, 0.15) is 63.0 Å². The minimum atomic E-state index is -0.656. The highest BCUT2D eigenvalue weighted by atomic mass is 19.1. The Bertz CT molecular complexity index is 550. The molecular weight excluding hydrogens is 301 g/mol. The molecule has 0 heterocycles. The minimum Gasteiger partial charge on any atom is -0.374 e. The van der Waals surface area contributed by atoms with Crippen LogP contribution >= 0.6 is 0 Å². The van der Waals surface area contributed by atoms with Crippen LogP contribution in [-0.2, 0) is 17.8 Å². The van der Waals surface area contributed by atoms with Crippen molar-refractivity contribution in [3.8, 4) is 6.07 Å². The molecule has 24 heavy (non-hydrogen) atoms. The first kappa shape index (κ1) is 18.7. The zero-order chi connectivity index (χ0) is 17.2. The van der Waals surface area contributed by atoms with E-state index >= 15 is 0 Å². The van der Waals surface area contributed by atoms with Gasteiger partial charge in [0.15, 0.2) is 5.83 Å². The first-order valence-corrected chi connectivity index (χ1v) is 9.16. The Morgan fingerprint density at radius 2 is 1.88 bits per heavy atom. The summed E-state index contributed by atoms with van der Waals surface area (Å²) in [4.78, 5) is 0. The fraction of sp³-hybridized carbons (Fsp3) is 0.571. The number of nitrogens with zero attached hydrogens (tertiary/aromatic N) is 1. The Labute approximate surface area is 145 Å². The lowest BCUT2D eigenvalue weighted by molar-refractivity contribution is 0.00645. The van der Waals surface area contributed by atoms with E-state index in [4.69, 9.17) is 10.00 Å². The Morgan fingerprint density at radius 1 is 1.21 bits per heavy atom. The molecular formula is C21H28FNO. The second-order valence-electron chi connectivity index (χ2n) is 6.76. The second kappa shape index (κ2) is 10.3. The van der Waals surface area contributed by atoms with E-state index < -0.39 is 5.83 Å². The lowest BCUT2D eigenvalue weighted by Gasteiger charge is -2.28. The topological polar surface area (TPSA) is 33.0 Å². The van der Waals surface area contributed by atoms with Crippen LogP contribution in [0.2, 0.25) is 0 Å². The molecule has 0 aliphatic heterocycles. The fourth-order valence-electron chi connectivity index (χ4n) is 3.38. The summed E-state index contributed by atoms with van der Waals surface area (Å²) in [6.07, 6.45) is 10.2. The molecule has 0 aromatic heterocycles. The van der Waals surface area contributed by atoms with Crippen LogP contribution in [0, 0.1) is 17.2 Å². The van der Waals surface area contributed by atoms with Gasteiger partial charge in [0.25, 0.3) is 0 Å². The van der Waals surface area contributed by atoms with E-state index in [9.17, 15) is 4.39 Å². The highest BCUT2D eigenvalue weighted by molar-refractivity contribution is 5.22. The van der Waals surface area contributed by atoms with E-state index in [1.54, 1.807) is 0 Å². The molecule has 1 aliphatic rings. The molecule has 0 spiro atoms. The van der Waals surface area contributed by atoms with Gasteiger partial charge in [-0.15, -0.1) is 0 Å². The highest BCUT2D eigenvalue weighted by Gasteiger charge is 2.21. The SMILES string of the molecule is CCCc1ccc(COC2CCC(CCC=C(F)C#N)CC2)cc1. The van der Waals surface area contributed by atoms with Gasteiger partial charge in [-0.1, -0.05) is 37.6 Å². The maximum absolute atomic E-state index is 12.8. The smallest absolute Gasteiger partial charge is 0.196 e. The number of ether oxygens (including phenoxy) is 1. The fourth-order valence-corrected chi connectivity index (χ4v) is 3.38. The molecule has 0 bridgehead atoms. The maximum atomic E-state index is 12.8. The van der Waals surface area contributed by atoms with E-state index in [0.29, 0.717) is 25.0 Å². The molecule has 1 fully saturated rings. The summed E-state index contributed by atoms with van der Waals surface area (Å²) in [6, 6.07) is 10.3. The van der Waals surface area contributed by atoms with Gasteiger partial charge in [-0.05, 0) is 68.1 Å². The summed E-state index contributed by atoms with van der Waals surface area (Å²) >= 11 is 0. The normalized spacial score (nSPS) is 21.5. The summed E-state index contributed by atoms with van der Waals surface area (Å²) in [5.41, 5.74) is 2.64. The van der Waals surface area contributed by atoms with Crippen LogP contribution in [0.15, 0.2) is 36.2 Å². The summed E-state index contributed by atoms with van der Waals surface area (Å²) in [5, 5.41) is 8.39. The predicted molar refractivity (Wildman–Crippen MR) is 95.0 cm³/mol. The second-order valence-corrected chi connectivity index (χ2v) is 6.76. The molecule has 1 aromatic carbocycles. The monoisotopic (exact) mass is 329 g/mol. The number of nitriles is 1. The molecule has 2 nitrogen and oxygen atoms in total. The molecule has 0 unspecified atom stereocenters. The van der Waals surface area contributed by atoms with Crippen LogP contribution in [0.3, 0.4) is 0 Å². The van der Waals surface area contributed by atoms with Crippen molar-refractivity contribution < 1.29 is 9.13 Å². The summed E-state index contributed by atoms with van der Waals surface area (Å²) in [6.45, 7) is 2.89. The number of hydrogen-bond acceptors (Lipinski definition) is 2. The predicted octanol–water partition coefficient (Wildman–Crippen LogP) is 5.87. The van der Waals surface area contributed by atoms with Gasteiger partial charge in [0.05, 0.1) is 12.7 Å². The summed E-state index contributed by atoms with van der Waals surface area (Å²) < 4.78 is 18.8. The van der Waals surface area contributed by atoms with Gasteiger partial charge >= 0.3 is 0 Å². The Kier molecular flexibility index (Phi) is 7.98. The molecule has 0 atom stereocenters. The number of aryl methyl sites for hydroxylation is 1. The van der Waals surface area contributed by atoms with Crippen molar-refractivity contribution in [2.75, 3.05) is 0 Å². The van der Waals surface area contributed by atoms with Gasteiger partial charge in [0.1, 0.15) is 6.07 Å². The number of hydrogen-bond donors (Lipinski definition) is 0. The Balaban J connectivity index is 1.65. The molecule has 1 saturated carbocycles. The van der Waals surface area contributed by atoms with Crippen molar-refractivity contribution in [2.24, 2.45) is 5.92 Å². The van der Waals surface area contributed by atoms with E-state index in [1.807, 2.05) is 0 Å². The van der Waals surface area contributed by atoms with Crippen LogP contribution in [0.5, 0.6) is 0 Å². The van der Waals surface area contributed by atoms with Gasteiger partial charge in [-0.25, -0.2) is 0 Å². The van der Waals surface area contributed by atoms with Crippen molar-refractivity contribution in [1.82, 2.24) is 0 Å². The highest BCUT2D eigenvalue weighted by Crippen LogP contribution is 2.30. The van der Waals surface area contributed by atoms with Crippen LogP contribution in [-0.4, -0.2) is 6.10 Å². The molecule has 130 valence electrons. The number of rotatable bonds is 8. The Morgan fingerprint density at radius 3 is 2.50 bits per heavy atom. The van der Waals surface area contributed by atoms with Crippen LogP contribution < -0.4 is 0 Å². The van der Waals surface area contributed by atoms with Crippen molar-refractivity contribution >= 4 is 0 Å². The molecule has 1 aliphatic carbocycles. The quantitative estimate of drug-likeness (QED) is 0.559. The number of allylic oxidation sites excluding steroid dienone is 2. The van der Waals surface area contributed by atoms with Crippen LogP contribution in [0.4, 0.5) is 4.39 Å². The van der Waals surface area contributed by atoms with Crippen molar-refractivity contribution in [3.63, 3.8) is 0 Å². The molecule has 0 amide bonds. The van der Waals surface area contributed by atoms with Gasteiger partial charge < -0.3 is 4.74 Å². The standard InChI is InChI=1S/C21H28FNO/c1-2-4-17-7-9-19(10-8-17)16-24-21-13-11-18(12-14-21)5-3-6-20(22)15-23/h6-10,18,21H,2-5,11-14,16H2,1H3. The average molecular weight is 329 g/mol. The molecule has 0 N–H and O–H groups in total. The van der Waals surface area contributed by atoms with Crippen LogP contribution in [0.25, 0.3) is 0 Å². The third-order valence-corrected chi connectivity index (χ3v) is 4.85. The van der Waals surface area contributed by atoms with Gasteiger partial charge in [0.2, 0.25) is 0 Å². The van der Waals surface area contributed by atoms with Crippen molar-refractivity contribution in [3.05, 3.63) is 47.3 Å². The molecule has 0 radical (unpaired) electrons. The van der Waals surface area contributed by atoms with E-state index in [2.05, 4.69) is 31.2 Å². The molecule has 1 aromatic rings. The molecule has 0 saturated heterocycles. The van der Waals surface area contributed by atoms with Gasteiger partial charge in [0, 0.05) is 0 Å².